The van der Waals surface area contributed by atoms with Crippen LogP contribution in [0, 0.1) is 0 Å². The molecule has 2 unspecified atom stereocenters. The van der Waals surface area contributed by atoms with Crippen LogP contribution >= 0.6 is 0 Å². The molecule has 0 radical (unpaired) electrons. The Morgan fingerprint density at radius 2 is 1.88 bits per heavy atom. The molecule has 0 amide bonds. The SMILES string of the molecule is COC(C)CCOC(C)=O.COC(O)CO. The first kappa shape index (κ1) is 17.7. The molecule has 0 heterocycles. The van der Waals surface area contributed by atoms with Gasteiger partial charge in [0.25, 0.3) is 0 Å². The number of hydrogen-bond acceptors (Lipinski definition) is 6. The van der Waals surface area contributed by atoms with Crippen molar-refractivity contribution in [1.29, 1.82) is 0 Å². The Kier molecular flexibility index (Phi) is 13.7. The summed E-state index contributed by atoms with van der Waals surface area (Å²) >= 11 is 0. The van der Waals surface area contributed by atoms with Crippen LogP contribution in [0.25, 0.3) is 0 Å². The number of carbonyl (C=O) groups excluding carboxylic acids is 1. The molecule has 0 aliphatic heterocycles. The summed E-state index contributed by atoms with van der Waals surface area (Å²) in [6.07, 6.45) is -0.0832. The Morgan fingerprint density at radius 3 is 2.12 bits per heavy atom. The summed E-state index contributed by atoms with van der Waals surface area (Å²) in [6, 6.07) is 0. The molecule has 0 spiro atoms. The Bertz CT molecular complexity index is 157. The van der Waals surface area contributed by atoms with Crippen molar-refractivity contribution in [3.63, 3.8) is 0 Å². The minimum absolute atomic E-state index is 0.166. The second kappa shape index (κ2) is 12.4. The monoisotopic (exact) mass is 238 g/mol. The Morgan fingerprint density at radius 1 is 1.31 bits per heavy atom. The maximum Gasteiger partial charge on any atom is 0.302 e. The van der Waals surface area contributed by atoms with Gasteiger partial charge in [-0.1, -0.05) is 0 Å². The lowest BCUT2D eigenvalue weighted by Crippen LogP contribution is -2.12. The number of rotatable bonds is 6. The van der Waals surface area contributed by atoms with E-state index in [0.29, 0.717) is 6.61 Å². The highest BCUT2D eigenvalue weighted by Crippen LogP contribution is 1.94. The van der Waals surface area contributed by atoms with Gasteiger partial charge in [0, 0.05) is 27.6 Å². The fourth-order valence-corrected chi connectivity index (χ4v) is 0.561. The quantitative estimate of drug-likeness (QED) is 0.497. The smallest absolute Gasteiger partial charge is 0.302 e. The van der Waals surface area contributed by atoms with Crippen molar-refractivity contribution in [2.24, 2.45) is 0 Å². The fraction of sp³-hybridized carbons (Fsp3) is 0.900. The number of aliphatic hydroxyl groups excluding tert-OH is 2. The summed E-state index contributed by atoms with van der Waals surface area (Å²) in [4.78, 5) is 10.3. The lowest BCUT2D eigenvalue weighted by Gasteiger charge is -2.07. The van der Waals surface area contributed by atoms with E-state index in [4.69, 9.17) is 19.7 Å². The Hall–Kier alpha value is -0.690. The summed E-state index contributed by atoms with van der Waals surface area (Å²) < 4.78 is 13.8. The highest BCUT2D eigenvalue weighted by atomic mass is 16.6. The molecule has 0 saturated heterocycles. The molecule has 2 atom stereocenters. The average molecular weight is 238 g/mol. The van der Waals surface area contributed by atoms with E-state index in [1.54, 1.807) is 7.11 Å². The summed E-state index contributed by atoms with van der Waals surface area (Å²) in [7, 11) is 2.96. The van der Waals surface area contributed by atoms with Gasteiger partial charge < -0.3 is 24.4 Å². The molecule has 0 fully saturated rings. The van der Waals surface area contributed by atoms with Gasteiger partial charge in [-0.25, -0.2) is 0 Å². The van der Waals surface area contributed by atoms with Crippen molar-refractivity contribution in [2.75, 3.05) is 27.4 Å². The lowest BCUT2D eigenvalue weighted by atomic mass is 10.3. The van der Waals surface area contributed by atoms with Gasteiger partial charge in [0.1, 0.15) is 0 Å². The van der Waals surface area contributed by atoms with Crippen LogP contribution < -0.4 is 0 Å². The number of carbonyl (C=O) groups is 1. The highest BCUT2D eigenvalue weighted by molar-refractivity contribution is 5.65. The van der Waals surface area contributed by atoms with E-state index in [-0.39, 0.29) is 18.7 Å². The molecular formula is C10H22O6. The molecule has 0 aromatic rings. The van der Waals surface area contributed by atoms with Crippen molar-refractivity contribution >= 4 is 5.97 Å². The molecule has 0 aliphatic rings. The number of aliphatic hydroxyl groups is 2. The van der Waals surface area contributed by atoms with Crippen LogP contribution in [0.1, 0.15) is 20.3 Å². The summed E-state index contributed by atoms with van der Waals surface area (Å²) in [5, 5.41) is 16.2. The third-order valence-electron chi connectivity index (χ3n) is 1.66. The summed E-state index contributed by atoms with van der Waals surface area (Å²) in [5.41, 5.74) is 0. The normalized spacial score (nSPS) is 13.4. The number of esters is 1. The van der Waals surface area contributed by atoms with Crippen molar-refractivity contribution in [2.45, 2.75) is 32.7 Å². The van der Waals surface area contributed by atoms with Gasteiger partial charge >= 0.3 is 5.97 Å². The number of methoxy groups -OCH3 is 2. The van der Waals surface area contributed by atoms with E-state index < -0.39 is 6.29 Å². The molecule has 2 N–H and O–H groups in total. The van der Waals surface area contributed by atoms with Gasteiger partial charge in [-0.3, -0.25) is 4.79 Å². The zero-order valence-electron chi connectivity index (χ0n) is 10.3. The lowest BCUT2D eigenvalue weighted by molar-refractivity contribution is -0.141. The minimum atomic E-state index is -1.01. The topological polar surface area (TPSA) is 85.2 Å². The van der Waals surface area contributed by atoms with E-state index in [0.717, 1.165) is 6.42 Å². The van der Waals surface area contributed by atoms with Crippen molar-refractivity contribution in [3.8, 4) is 0 Å². The average Bonchev–Trinajstić information content (AvgIpc) is 2.28. The molecule has 16 heavy (non-hydrogen) atoms. The predicted molar refractivity (Wildman–Crippen MR) is 57.8 cm³/mol. The van der Waals surface area contributed by atoms with Crippen LogP contribution in [0.5, 0.6) is 0 Å². The first-order chi connectivity index (χ1) is 7.47. The molecule has 6 heteroatoms. The van der Waals surface area contributed by atoms with Gasteiger partial charge in [-0.2, -0.15) is 0 Å². The molecule has 0 aromatic carbocycles. The molecular weight excluding hydrogens is 216 g/mol. The molecule has 0 aliphatic carbocycles. The minimum Gasteiger partial charge on any atom is -0.466 e. The van der Waals surface area contributed by atoms with Crippen LogP contribution in [-0.2, 0) is 19.0 Å². The first-order valence-corrected chi connectivity index (χ1v) is 4.95. The third kappa shape index (κ3) is 15.8. The number of ether oxygens (including phenoxy) is 3. The fourth-order valence-electron chi connectivity index (χ4n) is 0.561. The molecule has 0 aromatic heterocycles. The Labute approximate surface area is 96.1 Å². The molecule has 0 saturated carbocycles. The highest BCUT2D eigenvalue weighted by Gasteiger charge is 1.99. The summed E-state index contributed by atoms with van der Waals surface area (Å²) in [6.45, 7) is 3.45. The molecule has 6 nitrogen and oxygen atoms in total. The van der Waals surface area contributed by atoms with Crippen LogP contribution in [0.3, 0.4) is 0 Å². The van der Waals surface area contributed by atoms with Crippen LogP contribution in [0.4, 0.5) is 0 Å². The zero-order chi connectivity index (χ0) is 13.0. The largest absolute Gasteiger partial charge is 0.466 e. The van der Waals surface area contributed by atoms with Crippen LogP contribution in [0.2, 0.25) is 0 Å². The van der Waals surface area contributed by atoms with Gasteiger partial charge in [-0.05, 0) is 6.92 Å². The van der Waals surface area contributed by atoms with Crippen molar-refractivity contribution in [3.05, 3.63) is 0 Å². The maximum atomic E-state index is 10.3. The number of hydrogen-bond donors (Lipinski definition) is 2. The van der Waals surface area contributed by atoms with E-state index in [1.807, 2.05) is 6.92 Å². The predicted octanol–water partition coefficient (Wildman–Crippen LogP) is -0.0820. The van der Waals surface area contributed by atoms with Gasteiger partial charge in [0.15, 0.2) is 6.29 Å². The first-order valence-electron chi connectivity index (χ1n) is 4.95. The van der Waals surface area contributed by atoms with Gasteiger partial charge in [0.05, 0.1) is 19.3 Å². The van der Waals surface area contributed by atoms with Gasteiger partial charge in [0.2, 0.25) is 0 Å². The van der Waals surface area contributed by atoms with E-state index in [9.17, 15) is 4.79 Å². The van der Waals surface area contributed by atoms with Gasteiger partial charge in [-0.15, -0.1) is 0 Å². The van der Waals surface area contributed by atoms with E-state index in [1.165, 1.54) is 14.0 Å². The second-order valence-corrected chi connectivity index (χ2v) is 3.05. The van der Waals surface area contributed by atoms with E-state index in [2.05, 4.69) is 4.74 Å². The second-order valence-electron chi connectivity index (χ2n) is 3.05. The molecule has 0 rings (SSSR count). The van der Waals surface area contributed by atoms with Crippen molar-refractivity contribution in [1.82, 2.24) is 0 Å². The summed E-state index contributed by atoms with van der Waals surface area (Å²) in [5.74, 6) is -0.233. The zero-order valence-corrected chi connectivity index (χ0v) is 10.3. The standard InChI is InChI=1S/C7H14O3.C3H8O3/c1-6(9-3)4-5-10-7(2)8;1-6-3(5)2-4/h6H,4-5H2,1-3H3;3-5H,2H2,1H3. The maximum absolute atomic E-state index is 10.3. The Balaban J connectivity index is 0. The van der Waals surface area contributed by atoms with E-state index >= 15 is 0 Å². The molecule has 0 bridgehead atoms. The molecule has 98 valence electrons. The third-order valence-corrected chi connectivity index (χ3v) is 1.66. The van der Waals surface area contributed by atoms with Crippen LogP contribution in [-0.4, -0.2) is 56.0 Å². The van der Waals surface area contributed by atoms with Crippen molar-refractivity contribution < 1.29 is 29.2 Å². The van der Waals surface area contributed by atoms with Crippen LogP contribution in [0.15, 0.2) is 0 Å².